The molecular formula is C17H17Cl3. The highest BCUT2D eigenvalue weighted by Crippen LogP contribution is 2.36. The molecule has 2 aromatic carbocycles. The third-order valence-electron chi connectivity index (χ3n) is 3.75. The van der Waals surface area contributed by atoms with Gasteiger partial charge in [0.2, 0.25) is 0 Å². The summed E-state index contributed by atoms with van der Waals surface area (Å²) < 4.78 is 0. The summed E-state index contributed by atoms with van der Waals surface area (Å²) in [5.74, 6) is 0.878. The van der Waals surface area contributed by atoms with E-state index < -0.39 is 0 Å². The number of rotatable bonds is 5. The van der Waals surface area contributed by atoms with Crippen LogP contribution in [0.25, 0.3) is 0 Å². The number of alkyl halides is 2. The van der Waals surface area contributed by atoms with Crippen LogP contribution in [-0.4, -0.2) is 11.8 Å². The van der Waals surface area contributed by atoms with Crippen LogP contribution >= 0.6 is 34.8 Å². The molecule has 0 saturated carbocycles. The summed E-state index contributed by atoms with van der Waals surface area (Å²) in [6, 6.07) is 16.1. The highest BCUT2D eigenvalue weighted by atomic mass is 35.5. The van der Waals surface area contributed by atoms with E-state index in [1.807, 2.05) is 36.4 Å². The lowest BCUT2D eigenvalue weighted by Gasteiger charge is -2.32. The van der Waals surface area contributed by atoms with Crippen molar-refractivity contribution in [2.45, 2.75) is 18.8 Å². The molecule has 0 radical (unpaired) electrons. The molecule has 2 aromatic rings. The van der Waals surface area contributed by atoms with Gasteiger partial charge in [0.1, 0.15) is 0 Å². The van der Waals surface area contributed by atoms with E-state index in [4.69, 9.17) is 34.8 Å². The van der Waals surface area contributed by atoms with Gasteiger partial charge in [-0.3, -0.25) is 0 Å². The fourth-order valence-corrected chi connectivity index (χ4v) is 3.53. The van der Waals surface area contributed by atoms with Crippen molar-refractivity contribution in [3.63, 3.8) is 0 Å². The highest BCUT2D eigenvalue weighted by Gasteiger charge is 2.33. The zero-order valence-corrected chi connectivity index (χ0v) is 13.6. The maximum absolute atomic E-state index is 6.35. The van der Waals surface area contributed by atoms with Gasteiger partial charge in [-0.15, -0.1) is 23.2 Å². The van der Waals surface area contributed by atoms with Gasteiger partial charge >= 0.3 is 0 Å². The Kier molecular flexibility index (Phi) is 5.37. The van der Waals surface area contributed by atoms with Crippen molar-refractivity contribution in [1.29, 1.82) is 0 Å². The predicted molar refractivity (Wildman–Crippen MR) is 89.5 cm³/mol. The van der Waals surface area contributed by atoms with Gasteiger partial charge in [0.15, 0.2) is 0 Å². The van der Waals surface area contributed by atoms with Crippen LogP contribution in [0.15, 0.2) is 48.5 Å². The summed E-state index contributed by atoms with van der Waals surface area (Å²) in [7, 11) is 0. The second-order valence-electron chi connectivity index (χ2n) is 5.13. The molecule has 0 atom stereocenters. The SMILES string of the molecule is Cc1ccccc1CC(CCl)(CCl)c1ccccc1Cl. The highest BCUT2D eigenvalue weighted by molar-refractivity contribution is 6.32. The van der Waals surface area contributed by atoms with Crippen molar-refractivity contribution in [3.8, 4) is 0 Å². The second kappa shape index (κ2) is 6.85. The van der Waals surface area contributed by atoms with Crippen LogP contribution in [0.1, 0.15) is 16.7 Å². The molecule has 0 nitrogen and oxygen atoms in total. The summed E-state index contributed by atoms with van der Waals surface area (Å²) in [6.45, 7) is 2.11. The Labute approximate surface area is 135 Å². The molecule has 20 heavy (non-hydrogen) atoms. The number of hydrogen-bond donors (Lipinski definition) is 0. The normalized spacial score (nSPS) is 11.6. The Morgan fingerprint density at radius 1 is 0.900 bits per heavy atom. The molecule has 0 fully saturated rings. The quantitative estimate of drug-likeness (QED) is 0.626. The van der Waals surface area contributed by atoms with Crippen molar-refractivity contribution in [2.24, 2.45) is 0 Å². The first-order chi connectivity index (χ1) is 9.63. The molecule has 0 bridgehead atoms. The topological polar surface area (TPSA) is 0 Å². The van der Waals surface area contributed by atoms with E-state index in [-0.39, 0.29) is 5.41 Å². The molecule has 0 unspecified atom stereocenters. The van der Waals surface area contributed by atoms with Gasteiger partial charge in [0, 0.05) is 22.2 Å². The second-order valence-corrected chi connectivity index (χ2v) is 6.07. The van der Waals surface area contributed by atoms with E-state index in [9.17, 15) is 0 Å². The first kappa shape index (κ1) is 15.7. The summed E-state index contributed by atoms with van der Waals surface area (Å²) in [4.78, 5) is 0. The van der Waals surface area contributed by atoms with Gasteiger partial charge in [-0.1, -0.05) is 54.1 Å². The van der Waals surface area contributed by atoms with Crippen LogP contribution in [-0.2, 0) is 11.8 Å². The number of benzene rings is 2. The number of aryl methyl sites for hydroxylation is 1. The van der Waals surface area contributed by atoms with Crippen LogP contribution in [0.3, 0.4) is 0 Å². The fraction of sp³-hybridized carbons (Fsp3) is 0.294. The third kappa shape index (κ3) is 3.14. The average molecular weight is 328 g/mol. The summed E-state index contributed by atoms with van der Waals surface area (Å²) in [5.41, 5.74) is 3.19. The number of hydrogen-bond acceptors (Lipinski definition) is 0. The first-order valence-electron chi connectivity index (χ1n) is 6.54. The van der Waals surface area contributed by atoms with E-state index in [1.54, 1.807) is 0 Å². The molecule has 0 amide bonds. The third-order valence-corrected chi connectivity index (χ3v) is 5.10. The minimum absolute atomic E-state index is 0.340. The average Bonchev–Trinajstić information content (AvgIpc) is 2.48. The van der Waals surface area contributed by atoms with Crippen LogP contribution in [0.4, 0.5) is 0 Å². The lowest BCUT2D eigenvalue weighted by atomic mass is 9.78. The van der Waals surface area contributed by atoms with Gasteiger partial charge in [-0.25, -0.2) is 0 Å². The molecule has 0 aromatic heterocycles. The molecule has 0 spiro atoms. The largest absolute Gasteiger partial charge is 0.126 e. The van der Waals surface area contributed by atoms with Gasteiger partial charge in [0.05, 0.1) is 0 Å². The van der Waals surface area contributed by atoms with Gasteiger partial charge in [-0.2, -0.15) is 0 Å². The molecule has 0 saturated heterocycles. The molecule has 2 rings (SSSR count). The van der Waals surface area contributed by atoms with Crippen LogP contribution < -0.4 is 0 Å². The lowest BCUT2D eigenvalue weighted by Crippen LogP contribution is -2.34. The van der Waals surface area contributed by atoms with Crippen molar-refractivity contribution < 1.29 is 0 Å². The molecule has 0 aliphatic rings. The Morgan fingerprint density at radius 2 is 1.50 bits per heavy atom. The fourth-order valence-electron chi connectivity index (χ4n) is 2.43. The Bertz CT molecular complexity index is 574. The maximum atomic E-state index is 6.35. The molecular weight excluding hydrogens is 311 g/mol. The summed E-state index contributed by atoms with van der Waals surface area (Å²) >= 11 is 18.9. The Hall–Kier alpha value is -0.690. The van der Waals surface area contributed by atoms with Gasteiger partial charge in [0.25, 0.3) is 0 Å². The minimum atomic E-state index is -0.340. The predicted octanol–water partition coefficient (Wildman–Crippen LogP) is 5.61. The van der Waals surface area contributed by atoms with Crippen molar-refractivity contribution in [1.82, 2.24) is 0 Å². The molecule has 0 heterocycles. The number of halogens is 3. The van der Waals surface area contributed by atoms with Crippen LogP contribution in [0.2, 0.25) is 5.02 Å². The van der Waals surface area contributed by atoms with Gasteiger partial charge in [-0.05, 0) is 36.1 Å². The van der Waals surface area contributed by atoms with Gasteiger partial charge < -0.3 is 0 Å². The van der Waals surface area contributed by atoms with E-state index >= 15 is 0 Å². The molecule has 0 aliphatic heterocycles. The van der Waals surface area contributed by atoms with Crippen molar-refractivity contribution in [3.05, 3.63) is 70.2 Å². The minimum Gasteiger partial charge on any atom is -0.126 e. The maximum Gasteiger partial charge on any atom is 0.0444 e. The van der Waals surface area contributed by atoms with E-state index in [0.717, 1.165) is 17.0 Å². The standard InChI is InChI=1S/C17H17Cl3/c1-13-6-2-3-7-14(13)10-17(11-18,12-19)15-8-4-5-9-16(15)20/h2-9H,10-12H2,1H3. The molecule has 3 heteroatoms. The molecule has 0 aliphatic carbocycles. The Morgan fingerprint density at radius 3 is 2.10 bits per heavy atom. The summed E-state index contributed by atoms with van der Waals surface area (Å²) in [5, 5.41) is 0.724. The Balaban J connectivity index is 2.46. The van der Waals surface area contributed by atoms with Crippen LogP contribution in [0.5, 0.6) is 0 Å². The van der Waals surface area contributed by atoms with Crippen molar-refractivity contribution in [2.75, 3.05) is 11.8 Å². The van der Waals surface area contributed by atoms with E-state index in [0.29, 0.717) is 11.8 Å². The molecule has 0 N–H and O–H groups in total. The zero-order valence-electron chi connectivity index (χ0n) is 11.4. The smallest absolute Gasteiger partial charge is 0.0444 e. The van der Waals surface area contributed by atoms with E-state index in [1.165, 1.54) is 11.1 Å². The zero-order chi connectivity index (χ0) is 14.6. The molecule has 106 valence electrons. The van der Waals surface area contributed by atoms with E-state index in [2.05, 4.69) is 19.1 Å². The lowest BCUT2D eigenvalue weighted by molar-refractivity contribution is 0.535. The van der Waals surface area contributed by atoms with Crippen LogP contribution in [0, 0.1) is 6.92 Å². The summed E-state index contributed by atoms with van der Waals surface area (Å²) in [6.07, 6.45) is 0.788. The van der Waals surface area contributed by atoms with Crippen molar-refractivity contribution >= 4 is 34.8 Å². The monoisotopic (exact) mass is 326 g/mol. The first-order valence-corrected chi connectivity index (χ1v) is 7.99.